The minimum Gasteiger partial charge on any atom is -0.375 e. The molecule has 3 N–H and O–H groups in total. The molecule has 1 saturated heterocycles. The van der Waals surface area contributed by atoms with E-state index in [9.17, 15) is 18.8 Å². The molecular formula is C29H31BrFN7O3. The van der Waals surface area contributed by atoms with Gasteiger partial charge in [0.05, 0.1) is 13.2 Å². The number of aryl methyl sites for hydroxylation is 3. The van der Waals surface area contributed by atoms with Gasteiger partial charge >= 0.3 is 0 Å². The lowest BCUT2D eigenvalue weighted by atomic mass is 9.95. The van der Waals surface area contributed by atoms with Crippen LogP contribution in [0.15, 0.2) is 41.3 Å². The van der Waals surface area contributed by atoms with Crippen LogP contribution in [0.25, 0.3) is 11.1 Å². The van der Waals surface area contributed by atoms with Crippen molar-refractivity contribution >= 4 is 50.7 Å². The largest absolute Gasteiger partial charge is 0.375 e. The summed E-state index contributed by atoms with van der Waals surface area (Å²) in [5.74, 6) is -0.773. The van der Waals surface area contributed by atoms with Crippen molar-refractivity contribution in [3.63, 3.8) is 0 Å². The molecule has 4 rings (SSSR count). The van der Waals surface area contributed by atoms with Crippen LogP contribution in [-0.4, -0.2) is 69.0 Å². The first kappa shape index (κ1) is 29.9. The highest BCUT2D eigenvalue weighted by molar-refractivity contribution is 9.10. The Morgan fingerprint density at radius 2 is 1.80 bits per heavy atom. The number of halogens is 2. The maximum absolute atomic E-state index is 13.7. The SMILES string of the molecule is CC(=O)C(=N)c1cc(-c2cnc(C)nc2)cc(C)c1NCC(=O)N1CC(CF)CC1C(=O)Nc1nc(Br)ccc1C. The molecule has 1 aliphatic rings. The fraction of sp³-hybridized carbons (Fsp3) is 0.345. The molecule has 1 aromatic carbocycles. The molecular weight excluding hydrogens is 593 g/mol. The molecule has 12 heteroatoms. The molecule has 0 radical (unpaired) electrons. The van der Waals surface area contributed by atoms with Gasteiger partial charge in [-0.1, -0.05) is 6.07 Å². The molecule has 2 unspecified atom stereocenters. The first-order valence-electron chi connectivity index (χ1n) is 13.0. The van der Waals surface area contributed by atoms with Gasteiger partial charge in [0.15, 0.2) is 5.78 Å². The number of Topliss-reactive ketones (excluding diaryl/α,β-unsaturated/α-hetero) is 1. The zero-order valence-electron chi connectivity index (χ0n) is 23.2. The van der Waals surface area contributed by atoms with E-state index >= 15 is 0 Å². The average molecular weight is 625 g/mol. The Morgan fingerprint density at radius 3 is 2.46 bits per heavy atom. The Balaban J connectivity index is 1.57. The van der Waals surface area contributed by atoms with E-state index in [0.29, 0.717) is 33.1 Å². The van der Waals surface area contributed by atoms with Crippen molar-refractivity contribution in [2.75, 3.05) is 30.4 Å². The number of nitrogens with zero attached hydrogens (tertiary/aromatic N) is 4. The second-order valence-electron chi connectivity index (χ2n) is 10.1. The van der Waals surface area contributed by atoms with Gasteiger partial charge in [0.25, 0.3) is 0 Å². The van der Waals surface area contributed by atoms with Crippen molar-refractivity contribution in [2.24, 2.45) is 5.92 Å². The third-order valence-electron chi connectivity index (χ3n) is 7.02. The normalized spacial score (nSPS) is 16.4. The van der Waals surface area contributed by atoms with Crippen LogP contribution in [0.3, 0.4) is 0 Å². The van der Waals surface area contributed by atoms with E-state index in [1.165, 1.54) is 11.8 Å². The average Bonchev–Trinajstić information content (AvgIpc) is 3.39. The Labute approximate surface area is 245 Å². The molecule has 214 valence electrons. The van der Waals surface area contributed by atoms with E-state index in [0.717, 1.165) is 16.7 Å². The van der Waals surface area contributed by atoms with Crippen LogP contribution in [0, 0.1) is 32.1 Å². The topological polar surface area (TPSA) is 141 Å². The summed E-state index contributed by atoms with van der Waals surface area (Å²) in [6.45, 7) is 5.92. The van der Waals surface area contributed by atoms with Crippen molar-refractivity contribution in [3.05, 3.63) is 63.8 Å². The van der Waals surface area contributed by atoms with Gasteiger partial charge in [-0.2, -0.15) is 0 Å². The summed E-state index contributed by atoms with van der Waals surface area (Å²) in [6.07, 6.45) is 3.52. The highest BCUT2D eigenvalue weighted by Gasteiger charge is 2.39. The number of hydrogen-bond donors (Lipinski definition) is 3. The number of rotatable bonds is 9. The lowest BCUT2D eigenvalue weighted by Crippen LogP contribution is -2.45. The zero-order chi connectivity index (χ0) is 29.8. The number of anilines is 2. The van der Waals surface area contributed by atoms with Crippen molar-refractivity contribution in [2.45, 2.75) is 40.2 Å². The predicted molar refractivity (Wildman–Crippen MR) is 158 cm³/mol. The summed E-state index contributed by atoms with van der Waals surface area (Å²) in [7, 11) is 0. The Bertz CT molecular complexity index is 1510. The van der Waals surface area contributed by atoms with E-state index in [4.69, 9.17) is 5.41 Å². The molecule has 0 spiro atoms. The summed E-state index contributed by atoms with van der Waals surface area (Å²) in [4.78, 5) is 52.9. The predicted octanol–water partition coefficient (Wildman–Crippen LogP) is 4.42. The van der Waals surface area contributed by atoms with Crippen LogP contribution in [0.4, 0.5) is 15.9 Å². The Hall–Kier alpha value is -4.06. The molecule has 2 aromatic heterocycles. The van der Waals surface area contributed by atoms with Crippen molar-refractivity contribution in [1.82, 2.24) is 19.9 Å². The number of aromatic nitrogens is 3. The molecule has 3 heterocycles. The molecule has 3 aromatic rings. The number of pyridine rings is 1. The van der Waals surface area contributed by atoms with E-state index in [1.807, 2.05) is 6.07 Å². The van der Waals surface area contributed by atoms with E-state index < -0.39 is 36.2 Å². The first-order chi connectivity index (χ1) is 19.5. The van der Waals surface area contributed by atoms with Crippen LogP contribution in [-0.2, 0) is 14.4 Å². The van der Waals surface area contributed by atoms with Gasteiger partial charge in [-0.15, -0.1) is 0 Å². The van der Waals surface area contributed by atoms with Gasteiger partial charge in [0.2, 0.25) is 11.8 Å². The molecule has 0 saturated carbocycles. The number of alkyl halides is 1. The monoisotopic (exact) mass is 623 g/mol. The van der Waals surface area contributed by atoms with Crippen molar-refractivity contribution in [1.29, 1.82) is 5.41 Å². The highest BCUT2D eigenvalue weighted by atomic mass is 79.9. The standard InChI is InChI=1S/C29H31BrFN7O3/c1-15-5-6-24(30)36-28(15)37-29(41)23-8-19(10-31)14-38(23)25(40)13-35-27-16(2)7-20(9-22(27)26(32)17(3)39)21-11-33-18(4)34-12-21/h5-7,9,11-12,19,23,32,35H,8,10,13-14H2,1-4H3,(H,36,37,41). The van der Waals surface area contributed by atoms with E-state index in [-0.39, 0.29) is 25.2 Å². The number of likely N-dealkylation sites (tertiary alicyclic amines) is 1. The number of carbonyl (C=O) groups is 3. The van der Waals surface area contributed by atoms with E-state index in [1.54, 1.807) is 51.4 Å². The second-order valence-corrected chi connectivity index (χ2v) is 10.9. The quantitative estimate of drug-likeness (QED) is 0.237. The van der Waals surface area contributed by atoms with E-state index in [2.05, 4.69) is 41.5 Å². The maximum atomic E-state index is 13.7. The fourth-order valence-corrected chi connectivity index (χ4v) is 5.08. The molecule has 0 aliphatic carbocycles. The van der Waals surface area contributed by atoms with Crippen LogP contribution in [0.5, 0.6) is 0 Å². The van der Waals surface area contributed by atoms with Crippen molar-refractivity contribution < 1.29 is 18.8 Å². The summed E-state index contributed by atoms with van der Waals surface area (Å²) < 4.78 is 14.2. The lowest BCUT2D eigenvalue weighted by molar-refractivity contribution is -0.135. The van der Waals surface area contributed by atoms with Crippen LogP contribution in [0.1, 0.15) is 35.9 Å². The lowest BCUT2D eigenvalue weighted by Gasteiger charge is -2.25. The molecule has 1 fully saturated rings. The molecule has 1 aliphatic heterocycles. The number of amides is 2. The van der Waals surface area contributed by atoms with Crippen LogP contribution in [0.2, 0.25) is 0 Å². The van der Waals surface area contributed by atoms with Gasteiger partial charge < -0.3 is 15.5 Å². The molecule has 2 amide bonds. The Morgan fingerprint density at radius 1 is 1.10 bits per heavy atom. The van der Waals surface area contributed by atoms with Gasteiger partial charge in [-0.25, -0.2) is 15.0 Å². The summed E-state index contributed by atoms with van der Waals surface area (Å²) >= 11 is 3.29. The fourth-order valence-electron chi connectivity index (χ4n) is 4.77. The number of carbonyl (C=O) groups excluding carboxylic acids is 3. The molecule has 10 nitrogen and oxygen atoms in total. The minimum atomic E-state index is -0.870. The van der Waals surface area contributed by atoms with Crippen LogP contribution >= 0.6 is 15.9 Å². The first-order valence-corrected chi connectivity index (χ1v) is 13.8. The smallest absolute Gasteiger partial charge is 0.248 e. The summed E-state index contributed by atoms with van der Waals surface area (Å²) in [5, 5.41) is 14.3. The van der Waals surface area contributed by atoms with Gasteiger partial charge in [0, 0.05) is 48.6 Å². The summed E-state index contributed by atoms with van der Waals surface area (Å²) in [6, 6.07) is 6.23. The summed E-state index contributed by atoms with van der Waals surface area (Å²) in [5.41, 5.74) is 3.45. The zero-order valence-corrected chi connectivity index (χ0v) is 24.8. The highest BCUT2D eigenvalue weighted by Crippen LogP contribution is 2.30. The third kappa shape index (κ3) is 6.82. The number of ketones is 1. The third-order valence-corrected chi connectivity index (χ3v) is 7.46. The second kappa shape index (κ2) is 12.6. The number of hydrogen-bond acceptors (Lipinski definition) is 8. The van der Waals surface area contributed by atoms with Gasteiger partial charge in [-0.05, 0) is 78.0 Å². The number of benzene rings is 1. The Kier molecular flexibility index (Phi) is 9.21. The maximum Gasteiger partial charge on any atom is 0.248 e. The van der Waals surface area contributed by atoms with Gasteiger partial charge in [0.1, 0.15) is 28.0 Å². The molecule has 0 bridgehead atoms. The number of nitrogens with one attached hydrogen (secondary N) is 3. The molecule has 41 heavy (non-hydrogen) atoms. The molecule has 2 atom stereocenters. The van der Waals surface area contributed by atoms with Gasteiger partial charge in [-0.3, -0.25) is 24.2 Å². The minimum absolute atomic E-state index is 0.0987. The van der Waals surface area contributed by atoms with Crippen molar-refractivity contribution in [3.8, 4) is 11.1 Å². The van der Waals surface area contributed by atoms with Crippen LogP contribution < -0.4 is 10.6 Å².